The van der Waals surface area contributed by atoms with Gasteiger partial charge >= 0.3 is 0 Å². The molecule has 0 saturated carbocycles. The van der Waals surface area contributed by atoms with Crippen molar-refractivity contribution >= 4 is 30.6 Å². The Hall–Kier alpha value is -1.44. The van der Waals surface area contributed by atoms with Crippen LogP contribution in [0.15, 0.2) is 35.4 Å². The van der Waals surface area contributed by atoms with E-state index in [0.717, 1.165) is 5.52 Å². The molecule has 0 saturated heterocycles. The van der Waals surface area contributed by atoms with E-state index in [1.807, 2.05) is 6.07 Å². The normalized spacial score (nSPS) is 11.5. The van der Waals surface area contributed by atoms with E-state index in [4.69, 9.17) is 17.1 Å². The molecule has 0 spiro atoms. The lowest BCUT2D eigenvalue weighted by atomic mass is 10.2. The van der Waals surface area contributed by atoms with Gasteiger partial charge in [-0.15, -0.1) is 6.42 Å². The minimum absolute atomic E-state index is 0.0972. The number of rotatable bonds is 2. The largest absolute Gasteiger partial charge is 0.334 e. The summed E-state index contributed by atoms with van der Waals surface area (Å²) in [6.45, 7) is 0.312. The van der Waals surface area contributed by atoms with Crippen LogP contribution in [0.3, 0.4) is 0 Å². The van der Waals surface area contributed by atoms with Gasteiger partial charge in [0.1, 0.15) is 4.90 Å². The zero-order valence-electron chi connectivity index (χ0n) is 8.22. The lowest BCUT2D eigenvalue weighted by Gasteiger charge is -1.97. The third-order valence-electron chi connectivity index (χ3n) is 2.28. The molecule has 0 atom stereocenters. The van der Waals surface area contributed by atoms with Crippen molar-refractivity contribution in [1.82, 2.24) is 4.57 Å². The Kier molecular flexibility index (Phi) is 2.66. The number of para-hydroxylation sites is 1. The highest BCUT2D eigenvalue weighted by molar-refractivity contribution is 8.14. The second kappa shape index (κ2) is 3.85. The maximum atomic E-state index is 11.4. The van der Waals surface area contributed by atoms with Gasteiger partial charge in [-0.3, -0.25) is 0 Å². The Morgan fingerprint density at radius 3 is 2.69 bits per heavy atom. The zero-order valence-corrected chi connectivity index (χ0v) is 9.79. The first-order chi connectivity index (χ1) is 7.54. The van der Waals surface area contributed by atoms with E-state index in [1.165, 1.54) is 6.20 Å². The second-order valence-electron chi connectivity index (χ2n) is 3.28. The highest BCUT2D eigenvalue weighted by Gasteiger charge is 2.17. The molecule has 0 aliphatic heterocycles. The first kappa shape index (κ1) is 11.1. The maximum Gasteiger partial charge on any atom is 0.263 e. The molecule has 2 rings (SSSR count). The first-order valence-corrected chi connectivity index (χ1v) is 6.81. The fraction of sp³-hybridized carbons (Fsp3) is 0.0909. The van der Waals surface area contributed by atoms with Gasteiger partial charge in [-0.05, 0) is 6.07 Å². The quantitative estimate of drug-likeness (QED) is 0.608. The predicted molar refractivity (Wildman–Crippen MR) is 63.8 cm³/mol. The molecule has 2 aromatic rings. The number of benzene rings is 1. The second-order valence-corrected chi connectivity index (χ2v) is 5.81. The molecule has 0 unspecified atom stereocenters. The average molecular weight is 254 g/mol. The molecule has 0 fully saturated rings. The summed E-state index contributed by atoms with van der Waals surface area (Å²) in [5.74, 6) is 2.47. The van der Waals surface area contributed by atoms with Crippen molar-refractivity contribution in [3.05, 3.63) is 30.5 Å². The number of aromatic nitrogens is 1. The Labute approximate surface area is 98.1 Å². The highest BCUT2D eigenvalue weighted by Crippen LogP contribution is 2.27. The molecule has 5 heteroatoms. The van der Waals surface area contributed by atoms with E-state index in [9.17, 15) is 8.42 Å². The topological polar surface area (TPSA) is 39.1 Å². The average Bonchev–Trinajstić information content (AvgIpc) is 2.58. The third kappa shape index (κ3) is 1.80. The van der Waals surface area contributed by atoms with Gasteiger partial charge in [0.15, 0.2) is 0 Å². The molecular formula is C11H8ClNO2S. The Bertz CT molecular complexity index is 680. The van der Waals surface area contributed by atoms with Crippen LogP contribution in [0, 0.1) is 12.3 Å². The fourth-order valence-electron chi connectivity index (χ4n) is 1.64. The van der Waals surface area contributed by atoms with Gasteiger partial charge in [0, 0.05) is 22.3 Å². The number of terminal acetylenes is 1. The zero-order chi connectivity index (χ0) is 11.8. The molecule has 1 aromatic carbocycles. The van der Waals surface area contributed by atoms with Gasteiger partial charge < -0.3 is 4.57 Å². The minimum atomic E-state index is -3.74. The monoisotopic (exact) mass is 253 g/mol. The summed E-state index contributed by atoms with van der Waals surface area (Å²) in [5.41, 5.74) is 0.764. The summed E-state index contributed by atoms with van der Waals surface area (Å²) >= 11 is 0. The van der Waals surface area contributed by atoms with Gasteiger partial charge in [0.2, 0.25) is 0 Å². The van der Waals surface area contributed by atoms with Gasteiger partial charge in [-0.1, -0.05) is 24.1 Å². The van der Waals surface area contributed by atoms with Gasteiger partial charge in [-0.2, -0.15) is 0 Å². The Balaban J connectivity index is 2.83. The lowest BCUT2D eigenvalue weighted by Crippen LogP contribution is -1.92. The third-order valence-corrected chi connectivity index (χ3v) is 3.63. The molecule has 0 radical (unpaired) electrons. The van der Waals surface area contributed by atoms with Crippen LogP contribution in [0.25, 0.3) is 10.9 Å². The van der Waals surface area contributed by atoms with Crippen molar-refractivity contribution in [2.24, 2.45) is 0 Å². The molecule has 0 amide bonds. The highest BCUT2D eigenvalue weighted by atomic mass is 35.7. The first-order valence-electron chi connectivity index (χ1n) is 4.50. The lowest BCUT2D eigenvalue weighted by molar-refractivity contribution is 0.610. The molecule has 1 heterocycles. The van der Waals surface area contributed by atoms with Crippen molar-refractivity contribution in [2.75, 3.05) is 0 Å². The molecular weight excluding hydrogens is 246 g/mol. The van der Waals surface area contributed by atoms with E-state index in [0.29, 0.717) is 11.9 Å². The van der Waals surface area contributed by atoms with E-state index >= 15 is 0 Å². The molecule has 82 valence electrons. The van der Waals surface area contributed by atoms with Crippen LogP contribution >= 0.6 is 10.7 Å². The van der Waals surface area contributed by atoms with E-state index in [1.54, 1.807) is 22.8 Å². The smallest absolute Gasteiger partial charge is 0.263 e. The van der Waals surface area contributed by atoms with Crippen LogP contribution < -0.4 is 0 Å². The number of nitrogens with zero attached hydrogens (tertiary/aromatic N) is 1. The van der Waals surface area contributed by atoms with Crippen molar-refractivity contribution in [3.8, 4) is 12.3 Å². The molecule has 1 aromatic heterocycles. The SMILES string of the molecule is C#CCn1cc(S(=O)(=O)Cl)c2ccccc21. The maximum absolute atomic E-state index is 11.4. The number of hydrogen-bond donors (Lipinski definition) is 0. The van der Waals surface area contributed by atoms with Crippen LogP contribution in [0.1, 0.15) is 0 Å². The summed E-state index contributed by atoms with van der Waals surface area (Å²) in [5, 5.41) is 0.591. The molecule has 0 N–H and O–H groups in total. The number of hydrogen-bond acceptors (Lipinski definition) is 2. The summed E-state index contributed by atoms with van der Waals surface area (Å²) in [4.78, 5) is 0.0972. The summed E-state index contributed by atoms with van der Waals surface area (Å²) < 4.78 is 24.4. The van der Waals surface area contributed by atoms with Crippen molar-refractivity contribution in [3.63, 3.8) is 0 Å². The molecule has 0 aliphatic rings. The van der Waals surface area contributed by atoms with Crippen molar-refractivity contribution in [1.29, 1.82) is 0 Å². The number of fused-ring (bicyclic) bond motifs is 1. The van der Waals surface area contributed by atoms with Crippen LogP contribution in [0.4, 0.5) is 0 Å². The van der Waals surface area contributed by atoms with Gasteiger partial charge in [0.25, 0.3) is 9.05 Å². The molecule has 0 aliphatic carbocycles. The predicted octanol–water partition coefficient (Wildman–Crippen LogP) is 2.20. The molecule has 16 heavy (non-hydrogen) atoms. The van der Waals surface area contributed by atoms with Crippen LogP contribution in [-0.4, -0.2) is 13.0 Å². The van der Waals surface area contributed by atoms with E-state index in [2.05, 4.69) is 5.92 Å². The number of halogens is 1. The van der Waals surface area contributed by atoms with Gasteiger partial charge in [0.05, 0.1) is 12.1 Å². The van der Waals surface area contributed by atoms with Crippen LogP contribution in [-0.2, 0) is 15.6 Å². The molecule has 0 bridgehead atoms. The Morgan fingerprint density at radius 1 is 1.38 bits per heavy atom. The Morgan fingerprint density at radius 2 is 2.06 bits per heavy atom. The standard InChI is InChI=1S/C11H8ClNO2S/c1-2-7-13-8-11(16(12,14)15)9-5-3-4-6-10(9)13/h1,3-6,8H,7H2. The van der Waals surface area contributed by atoms with E-state index in [-0.39, 0.29) is 4.90 Å². The van der Waals surface area contributed by atoms with Gasteiger partial charge in [-0.25, -0.2) is 8.42 Å². The minimum Gasteiger partial charge on any atom is -0.334 e. The summed E-state index contributed by atoms with van der Waals surface area (Å²) in [6, 6.07) is 7.09. The summed E-state index contributed by atoms with van der Waals surface area (Å²) in [6.07, 6.45) is 6.68. The van der Waals surface area contributed by atoms with Crippen LogP contribution in [0.2, 0.25) is 0 Å². The summed E-state index contributed by atoms with van der Waals surface area (Å²) in [7, 11) is 1.61. The van der Waals surface area contributed by atoms with E-state index < -0.39 is 9.05 Å². The molecule has 3 nitrogen and oxygen atoms in total. The van der Waals surface area contributed by atoms with Crippen LogP contribution in [0.5, 0.6) is 0 Å². The van der Waals surface area contributed by atoms with Crippen molar-refractivity contribution < 1.29 is 8.42 Å². The fourth-order valence-corrected chi connectivity index (χ4v) is 2.69. The van der Waals surface area contributed by atoms with Crippen molar-refractivity contribution in [2.45, 2.75) is 11.4 Å².